The third-order valence-corrected chi connectivity index (χ3v) is 2.45. The molecular weight excluding hydrogens is 300 g/mol. The van der Waals surface area contributed by atoms with E-state index in [1.165, 1.54) is 24.3 Å². The van der Waals surface area contributed by atoms with Gasteiger partial charge in [0.05, 0.1) is 11.3 Å². The summed E-state index contributed by atoms with van der Waals surface area (Å²) in [6, 6.07) is 6.10. The van der Waals surface area contributed by atoms with Gasteiger partial charge in [0.25, 0.3) is 0 Å². The summed E-state index contributed by atoms with van der Waals surface area (Å²) in [7, 11) is 0. The summed E-state index contributed by atoms with van der Waals surface area (Å²) in [5.41, 5.74) is 1.07. The molecule has 3 N–H and O–H groups in total. The number of carboxylic acid groups (broad SMARTS) is 2. The van der Waals surface area contributed by atoms with Gasteiger partial charge >= 0.3 is 24.2 Å². The topological polar surface area (TPSA) is 156 Å². The molecule has 118 valence electrons. The zero-order valence-corrected chi connectivity index (χ0v) is 11.1. The van der Waals surface area contributed by atoms with Crippen molar-refractivity contribution in [3.8, 4) is 0 Å². The van der Waals surface area contributed by atoms with Crippen LogP contribution in [0.1, 0.15) is 11.1 Å². The predicted octanol–water partition coefficient (Wildman–Crippen LogP) is 0.227. The number of carbonyl (C=O) groups excluding carboxylic acids is 1. The molecule has 0 saturated heterocycles. The maximum absolute atomic E-state index is 11.3. The van der Waals surface area contributed by atoms with Crippen LogP contribution in [-0.2, 0) is 27.4 Å². The van der Waals surface area contributed by atoms with E-state index < -0.39 is 29.1 Å². The number of hydrogen-bond donors (Lipinski definition) is 3. The Bertz CT molecular complexity index is 569. The van der Waals surface area contributed by atoms with E-state index >= 15 is 0 Å². The number of carboxylic acids is 2. The molecule has 1 rings (SSSR count). The van der Waals surface area contributed by atoms with Crippen molar-refractivity contribution in [1.29, 1.82) is 0 Å². The largest absolute Gasteiger partial charge is 0.481 e. The molecule has 0 aliphatic heterocycles. The summed E-state index contributed by atoms with van der Waals surface area (Å²) in [6.45, 7) is -0.247. The average Bonchev–Trinajstić information content (AvgIpc) is 2.42. The van der Waals surface area contributed by atoms with E-state index in [0.29, 0.717) is 11.1 Å². The third kappa shape index (κ3) is 5.45. The zero-order valence-electron chi connectivity index (χ0n) is 11.1. The second-order valence-corrected chi connectivity index (χ2v) is 4.13. The van der Waals surface area contributed by atoms with Crippen LogP contribution in [0.25, 0.3) is 0 Å². The van der Waals surface area contributed by atoms with E-state index in [-0.39, 0.29) is 13.0 Å². The number of benzene rings is 1. The van der Waals surface area contributed by atoms with E-state index in [0.717, 1.165) is 0 Å². The first kappa shape index (κ1) is 16.9. The lowest BCUT2D eigenvalue weighted by molar-refractivity contribution is -0.514. The molecule has 0 bridgehead atoms. The molecule has 0 heterocycles. The molecule has 1 aromatic rings. The molecular formula is C12H12N2O8. The number of amides is 1. The Hall–Kier alpha value is -3.17. The van der Waals surface area contributed by atoms with E-state index in [1.807, 2.05) is 0 Å². The molecule has 0 aliphatic carbocycles. The van der Waals surface area contributed by atoms with Gasteiger partial charge in [-0.3, -0.25) is 14.9 Å². The second kappa shape index (κ2) is 7.57. The summed E-state index contributed by atoms with van der Waals surface area (Å²) < 4.78 is 4.65. The Morgan fingerprint density at radius 2 is 1.73 bits per heavy atom. The number of nitrogens with zero attached hydrogens (tertiary/aromatic N) is 1. The Morgan fingerprint density at radius 1 is 1.18 bits per heavy atom. The minimum Gasteiger partial charge on any atom is -0.481 e. The van der Waals surface area contributed by atoms with Gasteiger partial charge in [0, 0.05) is 0 Å². The van der Waals surface area contributed by atoms with Crippen LogP contribution in [0.15, 0.2) is 24.3 Å². The van der Waals surface area contributed by atoms with Gasteiger partial charge in [-0.1, -0.05) is 24.3 Å². The number of ether oxygens (including phenoxy) is 1. The van der Waals surface area contributed by atoms with Crippen LogP contribution in [0.4, 0.5) is 4.79 Å². The van der Waals surface area contributed by atoms with Crippen molar-refractivity contribution in [3.63, 3.8) is 0 Å². The normalized spacial score (nSPS) is 11.3. The first-order chi connectivity index (χ1) is 10.3. The van der Waals surface area contributed by atoms with Gasteiger partial charge in [0.2, 0.25) is 0 Å². The number of alkyl carbamates (subject to hydrolysis) is 1. The molecule has 0 saturated carbocycles. The van der Waals surface area contributed by atoms with Crippen LogP contribution < -0.4 is 5.32 Å². The van der Waals surface area contributed by atoms with Gasteiger partial charge in [-0.25, -0.2) is 14.9 Å². The second-order valence-electron chi connectivity index (χ2n) is 4.13. The standard InChI is InChI=1S/C12H12N2O8/c15-9(16)5-7-1-3-8(4-2-7)6-22-12(19)13-10(11(17)18)14(20)21/h1-4,10H,5-6H2,(H,13,19)(H,15,16)(H,17,18). The lowest BCUT2D eigenvalue weighted by Gasteiger charge is -2.08. The fraction of sp³-hybridized carbons (Fsp3) is 0.250. The Balaban J connectivity index is 2.51. The van der Waals surface area contributed by atoms with Crippen molar-refractivity contribution in [1.82, 2.24) is 5.32 Å². The highest BCUT2D eigenvalue weighted by Gasteiger charge is 2.31. The fourth-order valence-electron chi connectivity index (χ4n) is 1.43. The number of nitrogens with one attached hydrogen (secondary N) is 1. The van der Waals surface area contributed by atoms with Gasteiger partial charge in [-0.2, -0.15) is 0 Å². The monoisotopic (exact) mass is 312 g/mol. The highest BCUT2D eigenvalue weighted by molar-refractivity contribution is 5.78. The Labute approximate surface area is 123 Å². The van der Waals surface area contributed by atoms with E-state index in [1.54, 1.807) is 5.32 Å². The lowest BCUT2D eigenvalue weighted by Crippen LogP contribution is -2.46. The van der Waals surface area contributed by atoms with Crippen LogP contribution in [0, 0.1) is 10.1 Å². The van der Waals surface area contributed by atoms with Gasteiger partial charge in [0.15, 0.2) is 0 Å². The van der Waals surface area contributed by atoms with Crippen molar-refractivity contribution >= 4 is 18.0 Å². The number of nitro groups is 1. The van der Waals surface area contributed by atoms with Gasteiger partial charge in [-0.15, -0.1) is 0 Å². The van der Waals surface area contributed by atoms with Crippen molar-refractivity contribution in [2.24, 2.45) is 0 Å². The molecule has 10 heteroatoms. The molecule has 1 unspecified atom stereocenters. The van der Waals surface area contributed by atoms with Crippen LogP contribution in [0.2, 0.25) is 0 Å². The van der Waals surface area contributed by atoms with E-state index in [2.05, 4.69) is 4.74 Å². The number of rotatable bonds is 7. The molecule has 1 amide bonds. The molecule has 22 heavy (non-hydrogen) atoms. The van der Waals surface area contributed by atoms with Gasteiger partial charge < -0.3 is 14.9 Å². The predicted molar refractivity (Wildman–Crippen MR) is 69.5 cm³/mol. The molecule has 10 nitrogen and oxygen atoms in total. The van der Waals surface area contributed by atoms with E-state index in [9.17, 15) is 24.5 Å². The highest BCUT2D eigenvalue weighted by Crippen LogP contribution is 2.07. The smallest absolute Gasteiger partial charge is 0.413 e. The van der Waals surface area contributed by atoms with Crippen LogP contribution in [-0.4, -0.2) is 39.3 Å². The number of aliphatic carboxylic acids is 2. The molecule has 0 spiro atoms. The molecule has 0 aliphatic rings. The average molecular weight is 312 g/mol. The van der Waals surface area contributed by atoms with Crippen molar-refractivity contribution in [3.05, 3.63) is 45.5 Å². The minimum atomic E-state index is -2.29. The van der Waals surface area contributed by atoms with Crippen molar-refractivity contribution in [2.75, 3.05) is 0 Å². The third-order valence-electron chi connectivity index (χ3n) is 2.45. The molecule has 0 fully saturated rings. The Morgan fingerprint density at radius 3 is 2.18 bits per heavy atom. The van der Waals surface area contributed by atoms with Gasteiger partial charge in [-0.05, 0) is 11.1 Å². The molecule has 0 aromatic heterocycles. The van der Waals surface area contributed by atoms with Crippen LogP contribution in [0.5, 0.6) is 0 Å². The quantitative estimate of drug-likeness (QED) is 0.367. The minimum absolute atomic E-state index is 0.148. The lowest BCUT2D eigenvalue weighted by atomic mass is 10.1. The van der Waals surface area contributed by atoms with E-state index in [4.69, 9.17) is 10.2 Å². The first-order valence-electron chi connectivity index (χ1n) is 5.89. The summed E-state index contributed by atoms with van der Waals surface area (Å²) in [5, 5.41) is 29.1. The van der Waals surface area contributed by atoms with Gasteiger partial charge in [0.1, 0.15) is 6.61 Å². The summed E-state index contributed by atoms with van der Waals surface area (Å²) in [4.78, 5) is 41.5. The van der Waals surface area contributed by atoms with Crippen LogP contribution in [0.3, 0.4) is 0 Å². The maximum atomic E-state index is 11.3. The van der Waals surface area contributed by atoms with Crippen molar-refractivity contribution < 1.29 is 34.3 Å². The Kier molecular flexibility index (Phi) is 5.81. The first-order valence-corrected chi connectivity index (χ1v) is 5.89. The summed E-state index contributed by atoms with van der Waals surface area (Å²) >= 11 is 0. The summed E-state index contributed by atoms with van der Waals surface area (Å²) in [6.07, 6.45) is -3.69. The molecule has 1 aromatic carbocycles. The highest BCUT2D eigenvalue weighted by atomic mass is 16.6. The maximum Gasteiger partial charge on any atom is 0.413 e. The van der Waals surface area contributed by atoms with Crippen LogP contribution >= 0.6 is 0 Å². The SMILES string of the molecule is O=C(O)Cc1ccc(COC(=O)NC(C(=O)O)[N+](=O)[O-])cc1. The zero-order chi connectivity index (χ0) is 16.7. The number of hydrogen-bond acceptors (Lipinski definition) is 6. The van der Waals surface area contributed by atoms with Crippen molar-refractivity contribution in [2.45, 2.75) is 19.2 Å². The fourth-order valence-corrected chi connectivity index (χ4v) is 1.43. The molecule has 0 radical (unpaired) electrons. The molecule has 1 atom stereocenters. The summed E-state index contributed by atoms with van der Waals surface area (Å²) in [5.74, 6) is -2.80. The number of carbonyl (C=O) groups is 3.